The van der Waals surface area contributed by atoms with E-state index in [0.29, 0.717) is 11.1 Å². The van der Waals surface area contributed by atoms with Crippen LogP contribution < -0.4 is 0 Å². The summed E-state index contributed by atoms with van der Waals surface area (Å²) in [6.07, 6.45) is 0. The van der Waals surface area contributed by atoms with Gasteiger partial charge in [0.05, 0.1) is 0 Å². The predicted octanol–water partition coefficient (Wildman–Crippen LogP) is 5.66. The standard InChI is InChI=1S/2C7H4BrClO/c8-6-3-1-5(2-4-6)7(9)10;8-6-3-1-2-5(4-6)7(9)10/h2*1-4H. The molecule has 0 unspecified atom stereocenters. The number of halogens is 4. The van der Waals surface area contributed by atoms with Crippen LogP contribution >= 0.6 is 55.1 Å². The molecule has 0 fully saturated rings. The van der Waals surface area contributed by atoms with Gasteiger partial charge < -0.3 is 0 Å². The molecule has 0 radical (unpaired) electrons. The van der Waals surface area contributed by atoms with Crippen LogP contribution in [0.25, 0.3) is 0 Å². The van der Waals surface area contributed by atoms with Crippen molar-refractivity contribution in [1.29, 1.82) is 0 Å². The Kier molecular flexibility index (Phi) is 7.45. The fraction of sp³-hybridized carbons (Fsp3) is 0. The number of rotatable bonds is 2. The van der Waals surface area contributed by atoms with E-state index in [1.807, 2.05) is 6.07 Å². The van der Waals surface area contributed by atoms with Gasteiger partial charge >= 0.3 is 0 Å². The Bertz CT molecular complexity index is 613. The van der Waals surface area contributed by atoms with Crippen molar-refractivity contribution in [1.82, 2.24) is 0 Å². The lowest BCUT2D eigenvalue weighted by molar-refractivity contribution is 0.107. The molecule has 0 aromatic heterocycles. The molecule has 2 aromatic rings. The van der Waals surface area contributed by atoms with Gasteiger partial charge in [0.2, 0.25) is 0 Å². The third-order valence-corrected chi connectivity index (χ3v) is 3.58. The minimum Gasteiger partial charge on any atom is -0.276 e. The summed E-state index contributed by atoms with van der Waals surface area (Å²) in [5.74, 6) is 0. The molecule has 0 spiro atoms. The molecule has 0 aliphatic carbocycles. The Hall–Kier alpha value is -0.680. The van der Waals surface area contributed by atoms with Crippen molar-refractivity contribution in [3.8, 4) is 0 Å². The first-order valence-electron chi connectivity index (χ1n) is 5.31. The Balaban J connectivity index is 0.000000200. The minimum atomic E-state index is -0.429. The van der Waals surface area contributed by atoms with Gasteiger partial charge in [-0.25, -0.2) is 0 Å². The topological polar surface area (TPSA) is 34.1 Å². The van der Waals surface area contributed by atoms with Crippen LogP contribution in [-0.4, -0.2) is 10.5 Å². The Morgan fingerprint density at radius 3 is 1.70 bits per heavy atom. The number of hydrogen-bond acceptors (Lipinski definition) is 2. The first kappa shape index (κ1) is 17.4. The highest BCUT2D eigenvalue weighted by molar-refractivity contribution is 9.10. The fourth-order valence-electron chi connectivity index (χ4n) is 1.19. The van der Waals surface area contributed by atoms with Gasteiger partial charge in [0, 0.05) is 20.1 Å². The van der Waals surface area contributed by atoms with E-state index in [1.165, 1.54) is 0 Å². The van der Waals surface area contributed by atoms with Crippen molar-refractivity contribution in [2.24, 2.45) is 0 Å². The molecular weight excluding hydrogens is 431 g/mol. The van der Waals surface area contributed by atoms with Crippen LogP contribution in [0.2, 0.25) is 0 Å². The quantitative estimate of drug-likeness (QED) is 0.567. The van der Waals surface area contributed by atoms with Crippen molar-refractivity contribution in [2.45, 2.75) is 0 Å². The smallest absolute Gasteiger partial charge is 0.252 e. The van der Waals surface area contributed by atoms with Crippen LogP contribution in [0.4, 0.5) is 0 Å². The average molecular weight is 439 g/mol. The molecule has 0 amide bonds. The van der Waals surface area contributed by atoms with Crippen LogP contribution in [0.15, 0.2) is 57.5 Å². The maximum atomic E-state index is 10.5. The first-order chi connectivity index (χ1) is 9.40. The summed E-state index contributed by atoms with van der Waals surface area (Å²) in [6, 6.07) is 13.8. The van der Waals surface area contributed by atoms with Gasteiger partial charge in [0.1, 0.15) is 0 Å². The average Bonchev–Trinajstić information content (AvgIpc) is 2.40. The second-order valence-electron chi connectivity index (χ2n) is 3.56. The molecule has 2 aromatic carbocycles. The zero-order chi connectivity index (χ0) is 15.1. The second kappa shape index (κ2) is 8.57. The summed E-state index contributed by atoms with van der Waals surface area (Å²) < 4.78 is 1.80. The molecule has 0 saturated heterocycles. The summed E-state index contributed by atoms with van der Waals surface area (Å²) in [6.45, 7) is 0. The maximum absolute atomic E-state index is 10.5. The van der Waals surface area contributed by atoms with E-state index in [-0.39, 0.29) is 0 Å². The summed E-state index contributed by atoms with van der Waals surface area (Å²) in [5, 5.41) is -0.853. The van der Waals surface area contributed by atoms with Gasteiger partial charge in [-0.15, -0.1) is 0 Å². The predicted molar refractivity (Wildman–Crippen MR) is 88.7 cm³/mol. The molecule has 0 N–H and O–H groups in total. The number of carbonyl (C=O) groups excluding carboxylic acids is 2. The second-order valence-corrected chi connectivity index (χ2v) is 6.08. The number of carbonyl (C=O) groups is 2. The number of hydrogen-bond donors (Lipinski definition) is 0. The Morgan fingerprint density at radius 1 is 0.750 bits per heavy atom. The minimum absolute atomic E-state index is 0.424. The summed E-state index contributed by atoms with van der Waals surface area (Å²) in [7, 11) is 0. The molecule has 0 atom stereocenters. The molecule has 20 heavy (non-hydrogen) atoms. The van der Waals surface area contributed by atoms with E-state index in [0.717, 1.165) is 8.95 Å². The van der Waals surface area contributed by atoms with Gasteiger partial charge in [-0.05, 0) is 59.6 Å². The van der Waals surface area contributed by atoms with E-state index in [4.69, 9.17) is 23.2 Å². The van der Waals surface area contributed by atoms with Crippen molar-refractivity contribution in [3.05, 3.63) is 68.6 Å². The highest BCUT2D eigenvalue weighted by Gasteiger charge is 1.99. The zero-order valence-corrected chi connectivity index (χ0v) is 14.6. The summed E-state index contributed by atoms with van der Waals surface area (Å²) in [5.41, 5.74) is 1.03. The van der Waals surface area contributed by atoms with Crippen molar-refractivity contribution in [3.63, 3.8) is 0 Å². The molecule has 2 nitrogen and oxygen atoms in total. The third kappa shape index (κ3) is 6.18. The molecule has 6 heteroatoms. The van der Waals surface area contributed by atoms with Gasteiger partial charge in [0.25, 0.3) is 10.5 Å². The van der Waals surface area contributed by atoms with Crippen LogP contribution in [0.1, 0.15) is 20.7 Å². The van der Waals surface area contributed by atoms with E-state index in [1.54, 1.807) is 42.5 Å². The molecule has 2 rings (SSSR count). The van der Waals surface area contributed by atoms with Gasteiger partial charge in [-0.3, -0.25) is 9.59 Å². The van der Waals surface area contributed by atoms with E-state index in [2.05, 4.69) is 31.9 Å². The van der Waals surface area contributed by atoms with E-state index >= 15 is 0 Å². The normalized spacial score (nSPS) is 9.40. The zero-order valence-electron chi connectivity index (χ0n) is 9.95. The van der Waals surface area contributed by atoms with E-state index < -0.39 is 10.5 Å². The van der Waals surface area contributed by atoms with Crippen LogP contribution in [0, 0.1) is 0 Å². The molecule has 0 heterocycles. The largest absolute Gasteiger partial charge is 0.276 e. The van der Waals surface area contributed by atoms with Crippen molar-refractivity contribution < 1.29 is 9.59 Å². The van der Waals surface area contributed by atoms with Gasteiger partial charge in [0.15, 0.2) is 0 Å². The highest BCUT2D eigenvalue weighted by atomic mass is 79.9. The lowest BCUT2D eigenvalue weighted by Crippen LogP contribution is -1.86. The SMILES string of the molecule is O=C(Cl)c1ccc(Br)cc1.O=C(Cl)c1cccc(Br)c1. The molecule has 0 bridgehead atoms. The lowest BCUT2D eigenvalue weighted by atomic mass is 10.2. The van der Waals surface area contributed by atoms with Crippen molar-refractivity contribution >= 4 is 65.5 Å². The lowest BCUT2D eigenvalue weighted by Gasteiger charge is -1.92. The van der Waals surface area contributed by atoms with Gasteiger partial charge in [-0.2, -0.15) is 0 Å². The Labute approximate surface area is 143 Å². The van der Waals surface area contributed by atoms with Gasteiger partial charge in [-0.1, -0.05) is 44.0 Å². The summed E-state index contributed by atoms with van der Waals surface area (Å²) >= 11 is 16.9. The molecule has 0 aliphatic rings. The van der Waals surface area contributed by atoms with Crippen LogP contribution in [0.5, 0.6) is 0 Å². The first-order valence-corrected chi connectivity index (χ1v) is 7.65. The third-order valence-electron chi connectivity index (χ3n) is 2.12. The molecule has 0 aliphatic heterocycles. The summed E-state index contributed by atoms with van der Waals surface area (Å²) in [4.78, 5) is 21.0. The van der Waals surface area contributed by atoms with E-state index in [9.17, 15) is 9.59 Å². The van der Waals surface area contributed by atoms with Crippen LogP contribution in [0.3, 0.4) is 0 Å². The molecule has 0 saturated carbocycles. The molecular formula is C14H8Br2Cl2O2. The van der Waals surface area contributed by atoms with Crippen molar-refractivity contribution in [2.75, 3.05) is 0 Å². The Morgan fingerprint density at radius 2 is 1.30 bits per heavy atom. The monoisotopic (exact) mass is 436 g/mol. The number of benzene rings is 2. The highest BCUT2D eigenvalue weighted by Crippen LogP contribution is 2.13. The molecule has 104 valence electrons. The van der Waals surface area contributed by atoms with Crippen LogP contribution in [-0.2, 0) is 0 Å². The maximum Gasteiger partial charge on any atom is 0.252 e. The fourth-order valence-corrected chi connectivity index (χ4v) is 2.10.